The van der Waals surface area contributed by atoms with E-state index in [0.29, 0.717) is 30.1 Å². The summed E-state index contributed by atoms with van der Waals surface area (Å²) in [5, 5.41) is 3.54. The third-order valence-electron chi connectivity index (χ3n) is 8.42. The van der Waals surface area contributed by atoms with E-state index in [1.54, 1.807) is 6.07 Å². The molecular weight excluding hydrogens is 649 g/mol. The van der Waals surface area contributed by atoms with Crippen LogP contribution >= 0.6 is 0 Å². The quantitative estimate of drug-likeness (QED) is 0.180. The van der Waals surface area contributed by atoms with Gasteiger partial charge in [-0.1, -0.05) is 12.1 Å². The largest absolute Gasteiger partial charge is 0.491 e. The lowest BCUT2D eigenvalue weighted by atomic mass is 10.1. The molecule has 3 aromatic carbocycles. The molecule has 0 aliphatic carbocycles. The number of hydrogen-bond acceptors (Lipinski definition) is 7. The van der Waals surface area contributed by atoms with Crippen LogP contribution in [-0.4, -0.2) is 68.4 Å². The molecule has 0 bridgehead atoms. The molecule has 1 N–H and O–H groups in total. The number of alkyl halides is 3. The fraction of sp³-hybridized carbons (Fsp3) is 0.297. The van der Waals surface area contributed by atoms with Gasteiger partial charge in [-0.25, -0.2) is 9.97 Å². The lowest BCUT2D eigenvalue weighted by molar-refractivity contribution is -0.137. The van der Waals surface area contributed by atoms with E-state index in [2.05, 4.69) is 32.3 Å². The van der Waals surface area contributed by atoms with Gasteiger partial charge in [-0.05, 0) is 74.0 Å². The Balaban J connectivity index is 1.01. The van der Waals surface area contributed by atoms with Gasteiger partial charge >= 0.3 is 12.2 Å². The van der Waals surface area contributed by atoms with Crippen molar-refractivity contribution < 1.29 is 32.2 Å². The molecule has 0 atom stereocenters. The summed E-state index contributed by atoms with van der Waals surface area (Å²) in [6.07, 6.45) is -1.36. The Morgan fingerprint density at radius 3 is 2.16 bits per heavy atom. The number of fused-ring (bicyclic) bond motifs is 1. The first-order valence-corrected chi connectivity index (χ1v) is 16.2. The fourth-order valence-electron chi connectivity index (χ4n) is 5.74. The van der Waals surface area contributed by atoms with Gasteiger partial charge in [0.2, 0.25) is 0 Å². The van der Waals surface area contributed by atoms with Crippen LogP contribution in [-0.2, 0) is 26.3 Å². The van der Waals surface area contributed by atoms with Gasteiger partial charge in [-0.2, -0.15) is 13.2 Å². The average Bonchev–Trinajstić information content (AvgIpc) is 3.43. The van der Waals surface area contributed by atoms with Crippen LogP contribution in [0.4, 0.5) is 13.2 Å². The predicted octanol–water partition coefficient (Wildman–Crippen LogP) is 6.45. The van der Waals surface area contributed by atoms with Gasteiger partial charge in [0.15, 0.2) is 0 Å². The van der Waals surface area contributed by atoms with Crippen molar-refractivity contribution >= 4 is 22.7 Å². The first kappa shape index (κ1) is 34.4. The van der Waals surface area contributed by atoms with Gasteiger partial charge < -0.3 is 24.3 Å². The Hall–Kier alpha value is -5.43. The van der Waals surface area contributed by atoms with E-state index in [9.17, 15) is 22.8 Å². The molecule has 0 radical (unpaired) electrons. The summed E-state index contributed by atoms with van der Waals surface area (Å²) in [5.74, 6) is 0.799. The van der Waals surface area contributed by atoms with Gasteiger partial charge in [0.1, 0.15) is 17.2 Å². The SMILES string of the molecule is CC(C)Oc1ccc(CN2CCN(C(=O)c3cc4ccc(Oc5ncc(CNC(=O)c6ccc(C(F)(F)F)cc6)cn5)cc4n3C)CC2)cc1. The molecule has 0 unspecified atom stereocenters. The van der Waals surface area contributed by atoms with Crippen molar-refractivity contribution in [2.45, 2.75) is 39.2 Å². The number of benzene rings is 3. The molecule has 0 saturated carbocycles. The highest BCUT2D eigenvalue weighted by Crippen LogP contribution is 2.29. The zero-order valence-corrected chi connectivity index (χ0v) is 27.9. The molecule has 0 spiro atoms. The number of nitrogens with one attached hydrogen (secondary N) is 1. The maximum absolute atomic E-state index is 13.6. The van der Waals surface area contributed by atoms with E-state index < -0.39 is 17.6 Å². The minimum Gasteiger partial charge on any atom is -0.491 e. The highest BCUT2D eigenvalue weighted by molar-refractivity contribution is 5.99. The predicted molar refractivity (Wildman–Crippen MR) is 181 cm³/mol. The zero-order valence-electron chi connectivity index (χ0n) is 27.9. The number of hydrogen-bond donors (Lipinski definition) is 1. The summed E-state index contributed by atoms with van der Waals surface area (Å²) in [6, 6.07) is 19.6. The van der Waals surface area contributed by atoms with Gasteiger partial charge in [-0.3, -0.25) is 14.5 Å². The summed E-state index contributed by atoms with van der Waals surface area (Å²) in [4.78, 5) is 38.6. The lowest BCUT2D eigenvalue weighted by Crippen LogP contribution is -2.48. The van der Waals surface area contributed by atoms with Crippen LogP contribution in [0.3, 0.4) is 0 Å². The Labute approximate surface area is 287 Å². The standard InChI is InChI=1S/C37H37F3N6O4/c1-24(2)49-30-11-4-25(5-12-30)23-45-14-16-46(17-15-45)35(48)33-18-28-8-13-31(19-32(28)44(33)3)50-36-42-21-26(22-43-36)20-41-34(47)27-6-9-29(10-7-27)37(38,39)40/h4-13,18-19,21-22,24H,14-17,20,23H2,1-3H3,(H,41,47). The van der Waals surface area contributed by atoms with Crippen molar-refractivity contribution in [1.82, 2.24) is 29.7 Å². The monoisotopic (exact) mass is 686 g/mol. The number of carbonyl (C=O) groups excluding carboxylic acids is 2. The lowest BCUT2D eigenvalue weighted by Gasteiger charge is -2.34. The van der Waals surface area contributed by atoms with Gasteiger partial charge in [0, 0.05) is 81.3 Å². The van der Waals surface area contributed by atoms with E-state index in [0.717, 1.165) is 60.6 Å². The average molecular weight is 687 g/mol. The summed E-state index contributed by atoms with van der Waals surface area (Å²) < 4.78 is 51.8. The zero-order chi connectivity index (χ0) is 35.4. The van der Waals surface area contributed by atoms with E-state index >= 15 is 0 Å². The van der Waals surface area contributed by atoms with Gasteiger partial charge in [0.25, 0.3) is 11.8 Å². The highest BCUT2D eigenvalue weighted by atomic mass is 19.4. The minimum atomic E-state index is -4.47. The second kappa shape index (κ2) is 14.6. The van der Waals surface area contributed by atoms with Crippen LogP contribution in [0.1, 0.15) is 51.4 Å². The van der Waals surface area contributed by atoms with Crippen LogP contribution in [0.2, 0.25) is 0 Å². The number of rotatable bonds is 10. The first-order chi connectivity index (χ1) is 23.9. The number of carbonyl (C=O) groups is 2. The van der Waals surface area contributed by atoms with Crippen molar-refractivity contribution in [3.63, 3.8) is 0 Å². The molecule has 50 heavy (non-hydrogen) atoms. The number of ether oxygens (including phenoxy) is 2. The molecule has 6 rings (SSSR count). The van der Waals surface area contributed by atoms with Gasteiger partial charge in [-0.15, -0.1) is 0 Å². The molecule has 5 aromatic rings. The molecule has 2 aromatic heterocycles. The maximum Gasteiger partial charge on any atom is 0.416 e. The molecule has 3 heterocycles. The van der Waals surface area contributed by atoms with Crippen molar-refractivity contribution in [3.8, 4) is 17.5 Å². The van der Waals surface area contributed by atoms with Crippen LogP contribution in [0.5, 0.6) is 17.5 Å². The Morgan fingerprint density at radius 1 is 0.860 bits per heavy atom. The van der Waals surface area contributed by atoms with E-state index in [1.165, 1.54) is 18.0 Å². The summed E-state index contributed by atoms with van der Waals surface area (Å²) in [6.45, 7) is 7.73. The molecule has 10 nitrogen and oxygen atoms in total. The van der Waals surface area contributed by atoms with Crippen LogP contribution in [0.15, 0.2) is 85.2 Å². The fourth-order valence-corrected chi connectivity index (χ4v) is 5.74. The number of aromatic nitrogens is 3. The van der Waals surface area contributed by atoms with Crippen LogP contribution in [0, 0.1) is 0 Å². The van der Waals surface area contributed by atoms with Crippen molar-refractivity contribution in [2.75, 3.05) is 26.2 Å². The summed E-state index contributed by atoms with van der Waals surface area (Å²) in [7, 11) is 1.85. The van der Waals surface area contributed by atoms with Crippen molar-refractivity contribution in [1.29, 1.82) is 0 Å². The van der Waals surface area contributed by atoms with E-state index in [1.807, 2.05) is 60.7 Å². The van der Waals surface area contributed by atoms with Crippen LogP contribution < -0.4 is 14.8 Å². The van der Waals surface area contributed by atoms with Gasteiger partial charge in [0.05, 0.1) is 17.2 Å². The number of piperazine rings is 1. The maximum atomic E-state index is 13.6. The molecular formula is C37H37F3N6O4. The smallest absolute Gasteiger partial charge is 0.416 e. The Bertz CT molecular complexity index is 1950. The highest BCUT2D eigenvalue weighted by Gasteiger charge is 2.30. The second-order valence-electron chi connectivity index (χ2n) is 12.4. The molecule has 1 fully saturated rings. The molecule has 1 aliphatic rings. The Kier molecular flexibility index (Phi) is 10.0. The van der Waals surface area contributed by atoms with Crippen molar-refractivity contribution in [2.24, 2.45) is 7.05 Å². The topological polar surface area (TPSA) is 102 Å². The number of nitrogens with zero attached hydrogens (tertiary/aromatic N) is 5. The second-order valence-corrected chi connectivity index (χ2v) is 12.4. The number of halogens is 3. The molecule has 13 heteroatoms. The Morgan fingerprint density at radius 2 is 1.52 bits per heavy atom. The summed E-state index contributed by atoms with van der Waals surface area (Å²) >= 11 is 0. The molecule has 2 amide bonds. The minimum absolute atomic E-state index is 0.0228. The molecule has 1 aliphatic heterocycles. The van der Waals surface area contributed by atoms with E-state index in [-0.39, 0.29) is 30.1 Å². The van der Waals surface area contributed by atoms with Crippen LogP contribution in [0.25, 0.3) is 10.9 Å². The third-order valence-corrected chi connectivity index (χ3v) is 8.42. The molecule has 1 saturated heterocycles. The number of amides is 2. The normalized spacial score (nSPS) is 13.9. The summed E-state index contributed by atoms with van der Waals surface area (Å²) in [5.41, 5.74) is 2.47. The third kappa shape index (κ3) is 8.23. The number of aryl methyl sites for hydroxylation is 1. The van der Waals surface area contributed by atoms with Crippen molar-refractivity contribution in [3.05, 3.63) is 113 Å². The first-order valence-electron chi connectivity index (χ1n) is 16.2. The van der Waals surface area contributed by atoms with E-state index in [4.69, 9.17) is 9.47 Å². The molecule has 260 valence electrons.